The molecule has 6 heteroatoms. The van der Waals surface area contributed by atoms with Gasteiger partial charge in [-0.3, -0.25) is 0 Å². The lowest BCUT2D eigenvalue weighted by molar-refractivity contribution is 0.122. The number of benzene rings is 5. The summed E-state index contributed by atoms with van der Waals surface area (Å²) in [4.78, 5) is 15.5. The minimum atomic E-state index is -0.934. The van der Waals surface area contributed by atoms with Crippen LogP contribution in [0.25, 0.3) is 38.6 Å². The number of fused-ring (bicyclic) bond motifs is 8. The van der Waals surface area contributed by atoms with E-state index in [-0.39, 0.29) is 5.63 Å². The third-order valence-corrected chi connectivity index (χ3v) is 8.71. The van der Waals surface area contributed by atoms with Crippen LogP contribution < -0.4 is 20.0 Å². The normalized spacial score (nSPS) is 18.1. The predicted molar refractivity (Wildman–Crippen MR) is 170 cm³/mol. The number of anilines is 1. The smallest absolute Gasteiger partial charge is 0.344 e. The van der Waals surface area contributed by atoms with Gasteiger partial charge in [-0.05, 0) is 47.9 Å². The van der Waals surface area contributed by atoms with Crippen LogP contribution in [0, 0.1) is 0 Å². The van der Waals surface area contributed by atoms with E-state index in [1.165, 1.54) is 0 Å². The molecule has 0 bridgehead atoms. The lowest BCUT2D eigenvalue weighted by atomic mass is 9.82. The van der Waals surface area contributed by atoms with Crippen molar-refractivity contribution in [3.63, 3.8) is 0 Å². The minimum absolute atomic E-state index is 0.361. The molecule has 43 heavy (non-hydrogen) atoms. The Kier molecular flexibility index (Phi) is 5.98. The summed E-state index contributed by atoms with van der Waals surface area (Å²) in [5, 5.41) is 4.26. The molecule has 2 aliphatic heterocycles. The van der Waals surface area contributed by atoms with Crippen LogP contribution in [0.2, 0.25) is 0 Å². The number of nitrogens with zero attached hydrogens (tertiary/aromatic N) is 1. The zero-order valence-electron chi connectivity index (χ0n) is 23.7. The van der Waals surface area contributed by atoms with E-state index in [1.807, 2.05) is 66.7 Å². The van der Waals surface area contributed by atoms with Gasteiger partial charge in [0, 0.05) is 46.1 Å². The Morgan fingerprint density at radius 3 is 2.02 bits per heavy atom. The molecule has 2 aliphatic rings. The van der Waals surface area contributed by atoms with Gasteiger partial charge in [0.15, 0.2) is 11.2 Å². The molecule has 0 N–H and O–H groups in total. The molecule has 6 aromatic rings. The van der Waals surface area contributed by atoms with Crippen LogP contribution in [0.3, 0.4) is 0 Å². The summed E-state index contributed by atoms with van der Waals surface area (Å²) < 4.78 is 24.3. The van der Waals surface area contributed by atoms with E-state index >= 15 is 0 Å². The van der Waals surface area contributed by atoms with Crippen molar-refractivity contribution in [2.45, 2.75) is 5.60 Å². The Hall–Kier alpha value is -5.07. The maximum Gasteiger partial charge on any atom is 0.344 e. The van der Waals surface area contributed by atoms with Crippen molar-refractivity contribution in [2.24, 2.45) is 0 Å². The molecule has 1 atom stereocenters. The topological polar surface area (TPSA) is 61.1 Å². The van der Waals surface area contributed by atoms with Crippen LogP contribution in [0.4, 0.5) is 5.69 Å². The molecule has 0 spiro atoms. The van der Waals surface area contributed by atoms with Crippen molar-refractivity contribution in [1.29, 1.82) is 0 Å². The molecule has 1 saturated heterocycles. The molecular weight excluding hydrogens is 538 g/mol. The van der Waals surface area contributed by atoms with E-state index < -0.39 is 5.60 Å². The van der Waals surface area contributed by atoms with Gasteiger partial charge in [0.2, 0.25) is 0 Å². The Morgan fingerprint density at radius 1 is 0.744 bits per heavy atom. The van der Waals surface area contributed by atoms with Gasteiger partial charge < -0.3 is 23.5 Å². The number of hydrogen-bond acceptors (Lipinski definition) is 6. The fourth-order valence-electron chi connectivity index (χ4n) is 6.52. The van der Waals surface area contributed by atoms with E-state index in [0.29, 0.717) is 16.7 Å². The second-order valence-electron chi connectivity index (χ2n) is 11.0. The highest BCUT2D eigenvalue weighted by atomic mass is 16.5. The highest BCUT2D eigenvalue weighted by molar-refractivity contribution is 6.22. The first-order chi connectivity index (χ1) is 21.2. The minimum Gasteiger partial charge on any atom is -0.497 e. The second kappa shape index (κ2) is 10.0. The van der Waals surface area contributed by atoms with Crippen molar-refractivity contribution in [2.75, 3.05) is 38.3 Å². The lowest BCUT2D eigenvalue weighted by Crippen LogP contribution is -2.36. The first-order valence-electron chi connectivity index (χ1n) is 14.5. The van der Waals surface area contributed by atoms with Gasteiger partial charge in [0.1, 0.15) is 11.5 Å². The largest absolute Gasteiger partial charge is 0.497 e. The van der Waals surface area contributed by atoms with Gasteiger partial charge in [-0.25, -0.2) is 4.79 Å². The Bertz CT molecular complexity index is 2090. The second-order valence-corrected chi connectivity index (χ2v) is 11.0. The van der Waals surface area contributed by atoms with Crippen molar-refractivity contribution in [1.82, 2.24) is 0 Å². The summed E-state index contributed by atoms with van der Waals surface area (Å²) in [5.74, 6) is 1.45. The molecule has 6 nitrogen and oxygen atoms in total. The van der Waals surface area contributed by atoms with Crippen LogP contribution in [0.15, 0.2) is 112 Å². The summed E-state index contributed by atoms with van der Waals surface area (Å²) >= 11 is 0. The molecule has 8 rings (SSSR count). The van der Waals surface area contributed by atoms with E-state index in [0.717, 1.165) is 76.0 Å². The molecule has 212 valence electrons. The highest BCUT2D eigenvalue weighted by Crippen LogP contribution is 2.49. The van der Waals surface area contributed by atoms with E-state index in [9.17, 15) is 4.79 Å². The molecule has 1 aromatic heterocycles. The maximum absolute atomic E-state index is 13.2. The third-order valence-electron chi connectivity index (χ3n) is 8.71. The Morgan fingerprint density at radius 2 is 1.35 bits per heavy atom. The van der Waals surface area contributed by atoms with Crippen LogP contribution >= 0.6 is 0 Å². The fourth-order valence-corrected chi connectivity index (χ4v) is 6.52. The SMILES string of the molecule is COc1ccc(C2(c3ccc(N4CCOCC4)cc3)C=Cc3c(c4ccccc4c4c3oc(=O)c3ccccc34)O2)cc1. The molecule has 0 radical (unpaired) electrons. The van der Waals surface area contributed by atoms with Crippen molar-refractivity contribution < 1.29 is 18.6 Å². The number of morpholine rings is 1. The van der Waals surface area contributed by atoms with Crippen molar-refractivity contribution in [3.05, 3.63) is 130 Å². The van der Waals surface area contributed by atoms with Crippen LogP contribution in [0.1, 0.15) is 16.7 Å². The monoisotopic (exact) mass is 567 g/mol. The lowest BCUT2D eigenvalue weighted by Gasteiger charge is -2.37. The summed E-state index contributed by atoms with van der Waals surface area (Å²) in [6, 6.07) is 32.4. The summed E-state index contributed by atoms with van der Waals surface area (Å²) in [7, 11) is 1.66. The maximum atomic E-state index is 13.2. The van der Waals surface area contributed by atoms with Gasteiger partial charge in [-0.2, -0.15) is 0 Å². The average Bonchev–Trinajstić information content (AvgIpc) is 3.08. The summed E-state index contributed by atoms with van der Waals surface area (Å²) in [5.41, 5.74) is 3.09. The molecule has 5 aromatic carbocycles. The third kappa shape index (κ3) is 4.02. The van der Waals surface area contributed by atoms with Crippen LogP contribution in [0.5, 0.6) is 11.5 Å². The molecule has 0 amide bonds. The van der Waals surface area contributed by atoms with Gasteiger partial charge in [0.05, 0.1) is 31.3 Å². The van der Waals surface area contributed by atoms with E-state index in [4.69, 9.17) is 18.6 Å². The molecule has 1 fully saturated rings. The quantitative estimate of drug-likeness (QED) is 0.165. The van der Waals surface area contributed by atoms with E-state index in [2.05, 4.69) is 47.4 Å². The standard InChI is InChI=1S/C37H29NO5/c1-40-27-16-12-25(13-17-27)37(24-10-14-26(15-11-24)38-20-22-41-23-21-38)19-18-32-34(43-37)30-8-4-2-6-28(30)33-29-7-3-5-9-31(29)36(39)42-35(32)33/h2-19H,20-23H2,1H3. The van der Waals surface area contributed by atoms with Crippen molar-refractivity contribution >= 4 is 44.3 Å². The predicted octanol–water partition coefficient (Wildman–Crippen LogP) is 7.29. The van der Waals surface area contributed by atoms with Gasteiger partial charge in [-0.1, -0.05) is 66.7 Å². The van der Waals surface area contributed by atoms with Gasteiger partial charge in [0.25, 0.3) is 0 Å². The first-order valence-corrected chi connectivity index (χ1v) is 14.5. The number of methoxy groups -OCH3 is 1. The Labute approximate surface area is 248 Å². The Balaban J connectivity index is 1.37. The van der Waals surface area contributed by atoms with Crippen LogP contribution in [-0.4, -0.2) is 33.4 Å². The zero-order valence-corrected chi connectivity index (χ0v) is 23.7. The molecule has 3 heterocycles. The summed E-state index contributed by atoms with van der Waals surface area (Å²) in [6.45, 7) is 3.19. The van der Waals surface area contributed by atoms with Gasteiger partial charge in [-0.15, -0.1) is 0 Å². The highest BCUT2D eigenvalue weighted by Gasteiger charge is 2.39. The summed E-state index contributed by atoms with van der Waals surface area (Å²) in [6.07, 6.45) is 4.12. The zero-order chi connectivity index (χ0) is 29.0. The average molecular weight is 568 g/mol. The number of hydrogen-bond donors (Lipinski definition) is 0. The molecule has 0 saturated carbocycles. The fraction of sp³-hybridized carbons (Fsp3) is 0.162. The molecular formula is C37H29NO5. The van der Waals surface area contributed by atoms with Gasteiger partial charge >= 0.3 is 5.63 Å². The number of rotatable bonds is 4. The van der Waals surface area contributed by atoms with Crippen LogP contribution in [-0.2, 0) is 10.3 Å². The number of ether oxygens (including phenoxy) is 3. The first kappa shape index (κ1) is 25.6. The van der Waals surface area contributed by atoms with Crippen molar-refractivity contribution in [3.8, 4) is 11.5 Å². The molecule has 0 aliphatic carbocycles. The van der Waals surface area contributed by atoms with E-state index in [1.54, 1.807) is 7.11 Å². The molecule has 1 unspecified atom stereocenters.